The van der Waals surface area contributed by atoms with Gasteiger partial charge in [-0.15, -0.1) is 0 Å². The molecule has 2 aromatic rings. The van der Waals surface area contributed by atoms with Crippen molar-refractivity contribution in [3.8, 4) is 11.5 Å². The second-order valence-electron chi connectivity index (χ2n) is 6.66. The van der Waals surface area contributed by atoms with Crippen molar-refractivity contribution >= 4 is 5.69 Å². The van der Waals surface area contributed by atoms with Crippen LogP contribution in [-0.4, -0.2) is 55.1 Å². The van der Waals surface area contributed by atoms with E-state index in [-0.39, 0.29) is 10.6 Å². The molecule has 1 heterocycles. The molecule has 0 unspecified atom stereocenters. The minimum absolute atomic E-state index is 0.149. The molecule has 0 aromatic heterocycles. The van der Waals surface area contributed by atoms with E-state index < -0.39 is 0 Å². The van der Waals surface area contributed by atoms with Crippen molar-refractivity contribution in [2.75, 3.05) is 40.4 Å². The van der Waals surface area contributed by atoms with E-state index in [0.717, 1.165) is 61.9 Å². The molecule has 144 valence electrons. The predicted octanol–water partition coefficient (Wildman–Crippen LogP) is 2.93. The first kappa shape index (κ1) is 19.1. The first-order valence-electron chi connectivity index (χ1n) is 8.98. The molecule has 7 nitrogen and oxygen atoms in total. The Kier molecular flexibility index (Phi) is 6.26. The molecule has 2 aromatic carbocycles. The first-order valence-corrected chi connectivity index (χ1v) is 8.98. The van der Waals surface area contributed by atoms with E-state index in [1.807, 2.05) is 24.3 Å². The quantitative estimate of drug-likeness (QED) is 0.551. The van der Waals surface area contributed by atoms with Crippen molar-refractivity contribution in [1.82, 2.24) is 9.80 Å². The van der Waals surface area contributed by atoms with Crippen LogP contribution in [0, 0.1) is 10.1 Å². The van der Waals surface area contributed by atoms with Crippen LogP contribution in [0.25, 0.3) is 0 Å². The van der Waals surface area contributed by atoms with E-state index in [1.165, 1.54) is 6.07 Å². The molecule has 1 fully saturated rings. The third-order valence-corrected chi connectivity index (χ3v) is 4.87. The standard InChI is InChI=1S/C20H25N3O4/c1-26-19-6-7-20(27-2)17(13-19)15-22-10-8-21(9-11-22)14-16-4-3-5-18(12-16)23(24)25/h3-7,12-13H,8-11,14-15H2,1-2H3. The number of non-ortho nitro benzene ring substituents is 1. The predicted molar refractivity (Wildman–Crippen MR) is 103 cm³/mol. The fraction of sp³-hybridized carbons (Fsp3) is 0.400. The van der Waals surface area contributed by atoms with Gasteiger partial charge in [0.05, 0.1) is 19.1 Å². The normalized spacial score (nSPS) is 15.5. The molecule has 0 atom stereocenters. The summed E-state index contributed by atoms with van der Waals surface area (Å²) in [4.78, 5) is 15.3. The van der Waals surface area contributed by atoms with E-state index in [1.54, 1.807) is 26.4 Å². The molecule has 0 radical (unpaired) electrons. The third-order valence-electron chi connectivity index (χ3n) is 4.87. The molecular formula is C20H25N3O4. The van der Waals surface area contributed by atoms with Crippen molar-refractivity contribution in [3.63, 3.8) is 0 Å². The highest BCUT2D eigenvalue weighted by Crippen LogP contribution is 2.26. The van der Waals surface area contributed by atoms with Crippen molar-refractivity contribution in [2.45, 2.75) is 13.1 Å². The summed E-state index contributed by atoms with van der Waals surface area (Å²) >= 11 is 0. The number of hydrogen-bond acceptors (Lipinski definition) is 6. The molecule has 1 saturated heterocycles. The highest BCUT2D eigenvalue weighted by atomic mass is 16.6. The maximum absolute atomic E-state index is 10.9. The Morgan fingerprint density at radius 1 is 0.963 bits per heavy atom. The molecule has 0 amide bonds. The lowest BCUT2D eigenvalue weighted by atomic mass is 10.1. The summed E-state index contributed by atoms with van der Waals surface area (Å²) in [5, 5.41) is 10.9. The lowest BCUT2D eigenvalue weighted by molar-refractivity contribution is -0.384. The van der Waals surface area contributed by atoms with Crippen LogP contribution in [0.3, 0.4) is 0 Å². The van der Waals surface area contributed by atoms with Crippen LogP contribution in [-0.2, 0) is 13.1 Å². The zero-order valence-electron chi connectivity index (χ0n) is 15.8. The highest BCUT2D eigenvalue weighted by molar-refractivity contribution is 5.40. The molecule has 0 spiro atoms. The number of methoxy groups -OCH3 is 2. The van der Waals surface area contributed by atoms with Crippen molar-refractivity contribution < 1.29 is 14.4 Å². The van der Waals surface area contributed by atoms with Gasteiger partial charge in [0.1, 0.15) is 11.5 Å². The van der Waals surface area contributed by atoms with Gasteiger partial charge >= 0.3 is 0 Å². The van der Waals surface area contributed by atoms with Gasteiger partial charge in [0.15, 0.2) is 0 Å². The molecule has 1 aliphatic rings. The van der Waals surface area contributed by atoms with Crippen LogP contribution >= 0.6 is 0 Å². The molecule has 7 heteroatoms. The van der Waals surface area contributed by atoms with Gasteiger partial charge in [-0.3, -0.25) is 19.9 Å². The van der Waals surface area contributed by atoms with Crippen LogP contribution in [0.2, 0.25) is 0 Å². The number of nitro benzene ring substituents is 1. The van der Waals surface area contributed by atoms with Crippen molar-refractivity contribution in [1.29, 1.82) is 0 Å². The Morgan fingerprint density at radius 2 is 1.67 bits per heavy atom. The number of rotatable bonds is 7. The Bertz CT molecular complexity index is 789. The van der Waals surface area contributed by atoms with Crippen LogP contribution in [0.1, 0.15) is 11.1 Å². The number of nitrogens with zero attached hydrogens (tertiary/aromatic N) is 3. The maximum atomic E-state index is 10.9. The second kappa shape index (κ2) is 8.83. The fourth-order valence-electron chi connectivity index (χ4n) is 3.38. The fourth-order valence-corrected chi connectivity index (χ4v) is 3.38. The first-order chi connectivity index (χ1) is 13.1. The number of piperazine rings is 1. The molecule has 3 rings (SSSR count). The van der Waals surface area contributed by atoms with E-state index in [9.17, 15) is 10.1 Å². The molecule has 0 bridgehead atoms. The van der Waals surface area contributed by atoms with Crippen LogP contribution < -0.4 is 9.47 Å². The molecule has 0 saturated carbocycles. The van der Waals surface area contributed by atoms with Gasteiger partial charge in [0, 0.05) is 57.0 Å². The third kappa shape index (κ3) is 4.96. The van der Waals surface area contributed by atoms with Gasteiger partial charge in [0.25, 0.3) is 5.69 Å². The summed E-state index contributed by atoms with van der Waals surface area (Å²) in [5.74, 6) is 1.70. The SMILES string of the molecule is COc1ccc(OC)c(CN2CCN(Cc3cccc([N+](=O)[O-])c3)CC2)c1. The largest absolute Gasteiger partial charge is 0.497 e. The van der Waals surface area contributed by atoms with Gasteiger partial charge in [0.2, 0.25) is 0 Å². The van der Waals surface area contributed by atoms with Gasteiger partial charge in [-0.05, 0) is 23.8 Å². The summed E-state index contributed by atoms with van der Waals surface area (Å²) < 4.78 is 10.8. The van der Waals surface area contributed by atoms with Gasteiger partial charge in [-0.1, -0.05) is 12.1 Å². The second-order valence-corrected chi connectivity index (χ2v) is 6.66. The lowest BCUT2D eigenvalue weighted by Crippen LogP contribution is -2.45. The summed E-state index contributed by atoms with van der Waals surface area (Å²) in [6.07, 6.45) is 0. The summed E-state index contributed by atoms with van der Waals surface area (Å²) in [6.45, 7) is 5.28. The molecular weight excluding hydrogens is 346 g/mol. The Balaban J connectivity index is 1.56. The van der Waals surface area contributed by atoms with E-state index in [4.69, 9.17) is 9.47 Å². The molecule has 0 aliphatic carbocycles. The smallest absolute Gasteiger partial charge is 0.269 e. The average Bonchev–Trinajstić information content (AvgIpc) is 2.69. The zero-order chi connectivity index (χ0) is 19.2. The minimum Gasteiger partial charge on any atom is -0.497 e. The maximum Gasteiger partial charge on any atom is 0.269 e. The molecule has 0 N–H and O–H groups in total. The van der Waals surface area contributed by atoms with Crippen molar-refractivity contribution in [3.05, 3.63) is 63.7 Å². The number of ether oxygens (including phenoxy) is 2. The van der Waals surface area contributed by atoms with E-state index in [2.05, 4.69) is 9.80 Å². The van der Waals surface area contributed by atoms with E-state index in [0.29, 0.717) is 0 Å². The van der Waals surface area contributed by atoms with Gasteiger partial charge in [-0.25, -0.2) is 0 Å². The number of nitro groups is 1. The van der Waals surface area contributed by atoms with E-state index >= 15 is 0 Å². The Labute approximate surface area is 159 Å². The monoisotopic (exact) mass is 371 g/mol. The zero-order valence-corrected chi connectivity index (χ0v) is 15.8. The minimum atomic E-state index is -0.344. The summed E-state index contributed by atoms with van der Waals surface area (Å²) in [5.41, 5.74) is 2.24. The van der Waals surface area contributed by atoms with Crippen LogP contribution in [0.15, 0.2) is 42.5 Å². The van der Waals surface area contributed by atoms with Crippen LogP contribution in [0.4, 0.5) is 5.69 Å². The molecule has 27 heavy (non-hydrogen) atoms. The summed E-state index contributed by atoms with van der Waals surface area (Å²) in [7, 11) is 3.35. The highest BCUT2D eigenvalue weighted by Gasteiger charge is 2.19. The van der Waals surface area contributed by atoms with Gasteiger partial charge < -0.3 is 9.47 Å². The topological polar surface area (TPSA) is 68.1 Å². The average molecular weight is 371 g/mol. The Hall–Kier alpha value is -2.64. The number of hydrogen-bond donors (Lipinski definition) is 0. The molecule has 1 aliphatic heterocycles. The Morgan fingerprint density at radius 3 is 2.30 bits per heavy atom. The van der Waals surface area contributed by atoms with Gasteiger partial charge in [-0.2, -0.15) is 0 Å². The summed E-state index contributed by atoms with van der Waals surface area (Å²) in [6, 6.07) is 12.7. The number of benzene rings is 2. The van der Waals surface area contributed by atoms with Crippen molar-refractivity contribution in [2.24, 2.45) is 0 Å². The van der Waals surface area contributed by atoms with Crippen LogP contribution in [0.5, 0.6) is 11.5 Å². The lowest BCUT2D eigenvalue weighted by Gasteiger charge is -2.35.